The number of carbonyl (C=O) groups is 2. The van der Waals surface area contributed by atoms with Crippen molar-refractivity contribution in [2.75, 3.05) is 11.9 Å². The Hall–Kier alpha value is -3.48. The monoisotopic (exact) mass is 408 g/mol. The number of carbonyl (C=O) groups excluding carboxylic acids is 2. The zero-order valence-electron chi connectivity index (χ0n) is 16.6. The summed E-state index contributed by atoms with van der Waals surface area (Å²) in [4.78, 5) is 26.9. The molecule has 0 bridgehead atoms. The van der Waals surface area contributed by atoms with Gasteiger partial charge in [-0.15, -0.1) is 0 Å². The van der Waals surface area contributed by atoms with Gasteiger partial charge in [0.1, 0.15) is 11.5 Å². The van der Waals surface area contributed by atoms with E-state index in [1.54, 1.807) is 42.7 Å². The van der Waals surface area contributed by atoms with Gasteiger partial charge < -0.3 is 23.8 Å². The molecule has 0 saturated heterocycles. The zero-order chi connectivity index (χ0) is 20.8. The van der Waals surface area contributed by atoms with Gasteiger partial charge in [0.2, 0.25) is 0 Å². The Kier molecular flexibility index (Phi) is 6.17. The van der Waals surface area contributed by atoms with E-state index in [1.807, 2.05) is 17.0 Å². The van der Waals surface area contributed by atoms with E-state index in [9.17, 15) is 9.59 Å². The summed E-state index contributed by atoms with van der Waals surface area (Å²) >= 11 is 0. The number of benzene rings is 1. The largest absolute Gasteiger partial charge is 0.484 e. The van der Waals surface area contributed by atoms with E-state index in [1.165, 1.54) is 6.26 Å². The third kappa shape index (κ3) is 4.92. The Morgan fingerprint density at radius 2 is 1.83 bits per heavy atom. The van der Waals surface area contributed by atoms with Gasteiger partial charge in [0, 0.05) is 17.8 Å². The van der Waals surface area contributed by atoms with E-state index < -0.39 is 0 Å². The van der Waals surface area contributed by atoms with Gasteiger partial charge in [-0.2, -0.15) is 0 Å². The SMILES string of the molecule is O=C(Nc1cccc(OCC(=O)N(Cc2ccco2)C2CCCC2)c1)c1ccco1. The summed E-state index contributed by atoms with van der Waals surface area (Å²) in [5.74, 6) is 1.06. The van der Waals surface area contributed by atoms with Gasteiger partial charge in [-0.25, -0.2) is 0 Å². The van der Waals surface area contributed by atoms with Crippen LogP contribution in [0.5, 0.6) is 5.75 Å². The normalized spacial score (nSPS) is 13.9. The van der Waals surface area contributed by atoms with Gasteiger partial charge in [-0.05, 0) is 49.2 Å². The smallest absolute Gasteiger partial charge is 0.291 e. The van der Waals surface area contributed by atoms with Crippen LogP contribution in [0, 0.1) is 0 Å². The molecule has 1 aliphatic carbocycles. The van der Waals surface area contributed by atoms with E-state index in [0.29, 0.717) is 18.0 Å². The second-order valence-electron chi connectivity index (χ2n) is 7.29. The maximum Gasteiger partial charge on any atom is 0.291 e. The number of hydrogen-bond donors (Lipinski definition) is 1. The Bertz CT molecular complexity index is 959. The predicted molar refractivity (Wildman–Crippen MR) is 110 cm³/mol. The van der Waals surface area contributed by atoms with Crippen molar-refractivity contribution in [3.63, 3.8) is 0 Å². The molecule has 7 nitrogen and oxygen atoms in total. The molecular weight excluding hydrogens is 384 g/mol. The van der Waals surface area contributed by atoms with Gasteiger partial charge in [-0.1, -0.05) is 18.9 Å². The summed E-state index contributed by atoms with van der Waals surface area (Å²) in [7, 11) is 0. The number of furan rings is 2. The number of rotatable bonds is 8. The van der Waals surface area contributed by atoms with Crippen molar-refractivity contribution in [1.29, 1.82) is 0 Å². The Morgan fingerprint density at radius 1 is 1.03 bits per heavy atom. The summed E-state index contributed by atoms with van der Waals surface area (Å²) in [6.07, 6.45) is 7.32. The highest BCUT2D eigenvalue weighted by atomic mass is 16.5. The number of anilines is 1. The molecule has 1 N–H and O–H groups in total. The lowest BCUT2D eigenvalue weighted by atomic mass is 10.2. The molecule has 1 saturated carbocycles. The van der Waals surface area contributed by atoms with Crippen LogP contribution in [0.25, 0.3) is 0 Å². The molecule has 2 aromatic heterocycles. The number of amides is 2. The van der Waals surface area contributed by atoms with Crippen LogP contribution in [-0.2, 0) is 11.3 Å². The van der Waals surface area contributed by atoms with Crippen molar-refractivity contribution in [3.8, 4) is 5.75 Å². The molecule has 1 fully saturated rings. The van der Waals surface area contributed by atoms with E-state index in [0.717, 1.165) is 31.4 Å². The minimum absolute atomic E-state index is 0.0766. The van der Waals surface area contributed by atoms with Gasteiger partial charge in [0.25, 0.3) is 11.8 Å². The molecule has 3 aromatic rings. The van der Waals surface area contributed by atoms with Crippen LogP contribution in [0.3, 0.4) is 0 Å². The Balaban J connectivity index is 1.37. The molecule has 0 aliphatic heterocycles. The van der Waals surface area contributed by atoms with Gasteiger partial charge in [0.05, 0.1) is 19.1 Å². The molecule has 0 unspecified atom stereocenters. The van der Waals surface area contributed by atoms with E-state index in [2.05, 4.69) is 5.32 Å². The van der Waals surface area contributed by atoms with Gasteiger partial charge in [0.15, 0.2) is 12.4 Å². The quantitative estimate of drug-likeness (QED) is 0.594. The van der Waals surface area contributed by atoms with Crippen molar-refractivity contribution < 1.29 is 23.2 Å². The first kappa shape index (κ1) is 19.8. The fraction of sp³-hybridized carbons (Fsp3) is 0.304. The van der Waals surface area contributed by atoms with Crippen molar-refractivity contribution in [1.82, 2.24) is 4.90 Å². The summed E-state index contributed by atoms with van der Waals surface area (Å²) in [5, 5.41) is 2.75. The molecule has 156 valence electrons. The molecular formula is C23H24N2O5. The highest BCUT2D eigenvalue weighted by Crippen LogP contribution is 2.26. The summed E-state index contributed by atoms with van der Waals surface area (Å²) in [6.45, 7) is 0.367. The first-order chi connectivity index (χ1) is 14.7. The Labute approximate surface area is 174 Å². The van der Waals surface area contributed by atoms with Crippen LogP contribution in [0.4, 0.5) is 5.69 Å². The van der Waals surface area contributed by atoms with Crippen LogP contribution >= 0.6 is 0 Å². The van der Waals surface area contributed by atoms with Gasteiger partial charge >= 0.3 is 0 Å². The molecule has 2 heterocycles. The van der Waals surface area contributed by atoms with Crippen LogP contribution in [-0.4, -0.2) is 29.4 Å². The highest BCUT2D eigenvalue weighted by Gasteiger charge is 2.27. The summed E-state index contributed by atoms with van der Waals surface area (Å²) < 4.78 is 16.3. The minimum Gasteiger partial charge on any atom is -0.484 e. The third-order valence-corrected chi connectivity index (χ3v) is 5.19. The van der Waals surface area contributed by atoms with Crippen molar-refractivity contribution in [2.45, 2.75) is 38.3 Å². The fourth-order valence-corrected chi connectivity index (χ4v) is 3.70. The van der Waals surface area contributed by atoms with Crippen molar-refractivity contribution >= 4 is 17.5 Å². The highest BCUT2D eigenvalue weighted by molar-refractivity contribution is 6.02. The van der Waals surface area contributed by atoms with Gasteiger partial charge in [-0.3, -0.25) is 9.59 Å². The fourth-order valence-electron chi connectivity index (χ4n) is 3.70. The third-order valence-electron chi connectivity index (χ3n) is 5.19. The first-order valence-electron chi connectivity index (χ1n) is 10.1. The number of nitrogens with one attached hydrogen (secondary N) is 1. The predicted octanol–water partition coefficient (Wildman–Crippen LogP) is 4.48. The maximum atomic E-state index is 12.9. The molecule has 2 amide bonds. The molecule has 30 heavy (non-hydrogen) atoms. The first-order valence-corrected chi connectivity index (χ1v) is 10.1. The molecule has 4 rings (SSSR count). The summed E-state index contributed by atoms with van der Waals surface area (Å²) in [6, 6.07) is 14.1. The van der Waals surface area contributed by atoms with E-state index in [4.69, 9.17) is 13.6 Å². The topological polar surface area (TPSA) is 84.9 Å². The average molecular weight is 408 g/mol. The lowest BCUT2D eigenvalue weighted by Gasteiger charge is -2.28. The van der Waals surface area contributed by atoms with E-state index in [-0.39, 0.29) is 30.2 Å². The minimum atomic E-state index is -0.348. The molecule has 7 heteroatoms. The van der Waals surface area contributed by atoms with Crippen LogP contribution in [0.1, 0.15) is 42.0 Å². The number of hydrogen-bond acceptors (Lipinski definition) is 5. The second-order valence-corrected chi connectivity index (χ2v) is 7.29. The van der Waals surface area contributed by atoms with Crippen LogP contribution in [0.2, 0.25) is 0 Å². The average Bonchev–Trinajstić information content (AvgIpc) is 3.53. The lowest BCUT2D eigenvalue weighted by Crippen LogP contribution is -2.41. The van der Waals surface area contributed by atoms with Crippen molar-refractivity contribution in [3.05, 3.63) is 72.6 Å². The lowest BCUT2D eigenvalue weighted by molar-refractivity contribution is -0.136. The zero-order valence-corrected chi connectivity index (χ0v) is 16.6. The second kappa shape index (κ2) is 9.35. The molecule has 1 aromatic carbocycles. The molecule has 1 aliphatic rings. The maximum absolute atomic E-state index is 12.9. The molecule has 0 atom stereocenters. The standard InChI is InChI=1S/C23H24N2O5/c26-22(25(18-7-1-2-8-18)15-20-10-4-12-28-20)16-30-19-9-3-6-17(14-19)24-23(27)21-11-5-13-29-21/h3-6,9-14,18H,1-2,7-8,15-16H2,(H,24,27). The molecule has 0 spiro atoms. The Morgan fingerprint density at radius 3 is 2.57 bits per heavy atom. The number of ether oxygens (including phenoxy) is 1. The number of nitrogens with zero attached hydrogens (tertiary/aromatic N) is 1. The van der Waals surface area contributed by atoms with Crippen LogP contribution in [0.15, 0.2) is 69.9 Å². The van der Waals surface area contributed by atoms with Crippen molar-refractivity contribution in [2.24, 2.45) is 0 Å². The van der Waals surface area contributed by atoms with E-state index >= 15 is 0 Å². The molecule has 0 radical (unpaired) electrons. The van der Waals surface area contributed by atoms with Crippen LogP contribution < -0.4 is 10.1 Å². The summed E-state index contributed by atoms with van der Waals surface area (Å²) in [5.41, 5.74) is 0.560.